The molecule has 3 nitrogen and oxygen atoms in total. The Bertz CT molecular complexity index is 526. The molecule has 0 N–H and O–H groups in total. The van der Waals surface area contributed by atoms with Crippen molar-refractivity contribution in [3.8, 4) is 11.3 Å². The van der Waals surface area contributed by atoms with Crippen LogP contribution in [0.5, 0.6) is 0 Å². The Morgan fingerprint density at radius 1 is 1.47 bits per heavy atom. The first-order valence-electron chi connectivity index (χ1n) is 4.74. The Morgan fingerprint density at radius 2 is 2.24 bits per heavy atom. The first-order chi connectivity index (χ1) is 8.13. The summed E-state index contributed by atoms with van der Waals surface area (Å²) in [6.07, 6.45) is 1.47. The van der Waals surface area contributed by atoms with Gasteiger partial charge in [0.05, 0.1) is 18.4 Å². The number of halogens is 2. The van der Waals surface area contributed by atoms with E-state index in [1.807, 2.05) is 0 Å². The van der Waals surface area contributed by atoms with Crippen LogP contribution in [0.4, 0.5) is 4.39 Å². The monoisotopic (exact) mass is 254 g/mol. The maximum atomic E-state index is 13.7. The fourth-order valence-electron chi connectivity index (χ4n) is 1.46. The minimum absolute atomic E-state index is 0.0109. The summed E-state index contributed by atoms with van der Waals surface area (Å²) in [6.45, 7) is 0. The van der Waals surface area contributed by atoms with E-state index in [0.717, 1.165) is 0 Å². The third-order valence-electron chi connectivity index (χ3n) is 2.24. The van der Waals surface area contributed by atoms with Gasteiger partial charge >= 0.3 is 5.97 Å². The average molecular weight is 255 g/mol. The fraction of sp³-hybridized carbons (Fsp3) is 0.0833. The second-order valence-corrected chi connectivity index (χ2v) is 3.69. The molecule has 1 aromatic carbocycles. The smallest absolute Gasteiger partial charge is 0.342 e. The highest BCUT2D eigenvalue weighted by molar-refractivity contribution is 6.33. The largest absolute Gasteiger partial charge is 0.465 e. The molecule has 0 aliphatic rings. The van der Waals surface area contributed by atoms with Crippen molar-refractivity contribution < 1.29 is 18.3 Å². The van der Waals surface area contributed by atoms with Crippen molar-refractivity contribution in [2.75, 3.05) is 7.11 Å². The van der Waals surface area contributed by atoms with Crippen LogP contribution in [0.15, 0.2) is 34.9 Å². The van der Waals surface area contributed by atoms with Gasteiger partial charge in [-0.3, -0.25) is 0 Å². The summed E-state index contributed by atoms with van der Waals surface area (Å²) in [5.74, 6) is -1.07. The molecule has 0 saturated heterocycles. The van der Waals surface area contributed by atoms with Crippen LogP contribution in [-0.4, -0.2) is 13.1 Å². The summed E-state index contributed by atoms with van der Waals surface area (Å²) in [5.41, 5.74) is 0.189. The average Bonchev–Trinajstić information content (AvgIpc) is 2.81. The molecule has 0 aliphatic carbocycles. The minimum atomic E-state index is -0.807. The Morgan fingerprint density at radius 3 is 2.76 bits per heavy atom. The number of methoxy groups -OCH3 is 1. The zero-order chi connectivity index (χ0) is 12.4. The summed E-state index contributed by atoms with van der Waals surface area (Å²) >= 11 is 5.84. The molecule has 2 aromatic rings. The molecule has 0 fully saturated rings. The lowest BCUT2D eigenvalue weighted by molar-refractivity contribution is 0.0596. The molecule has 0 radical (unpaired) electrons. The van der Waals surface area contributed by atoms with Crippen molar-refractivity contribution >= 4 is 17.6 Å². The molecule has 2 rings (SSSR count). The second-order valence-electron chi connectivity index (χ2n) is 3.28. The van der Waals surface area contributed by atoms with Crippen LogP contribution in [0.1, 0.15) is 10.4 Å². The highest BCUT2D eigenvalue weighted by Crippen LogP contribution is 2.28. The van der Waals surface area contributed by atoms with E-state index in [4.69, 9.17) is 16.0 Å². The Kier molecular flexibility index (Phi) is 3.15. The Balaban J connectivity index is 2.53. The van der Waals surface area contributed by atoms with E-state index < -0.39 is 11.8 Å². The molecule has 0 amide bonds. The zero-order valence-corrected chi connectivity index (χ0v) is 9.62. The van der Waals surface area contributed by atoms with Gasteiger partial charge in [-0.05, 0) is 24.3 Å². The van der Waals surface area contributed by atoms with Gasteiger partial charge in [0.25, 0.3) is 0 Å². The first-order valence-corrected chi connectivity index (χ1v) is 5.12. The molecule has 0 saturated carbocycles. The van der Waals surface area contributed by atoms with Crippen LogP contribution in [0.3, 0.4) is 0 Å². The van der Waals surface area contributed by atoms with E-state index >= 15 is 0 Å². The third kappa shape index (κ3) is 2.17. The molecule has 5 heteroatoms. The Labute approximate surface area is 102 Å². The second kappa shape index (κ2) is 4.59. The number of carbonyl (C=O) groups is 1. The number of furan rings is 1. The number of benzene rings is 1. The van der Waals surface area contributed by atoms with Crippen LogP contribution >= 0.6 is 11.6 Å². The quantitative estimate of drug-likeness (QED) is 0.770. The molecule has 1 heterocycles. The van der Waals surface area contributed by atoms with Crippen molar-refractivity contribution in [2.24, 2.45) is 0 Å². The van der Waals surface area contributed by atoms with Crippen molar-refractivity contribution in [3.05, 3.63) is 46.9 Å². The molecular formula is C12H8ClFO3. The predicted molar refractivity (Wildman–Crippen MR) is 60.5 cm³/mol. The van der Waals surface area contributed by atoms with E-state index in [9.17, 15) is 9.18 Å². The maximum Gasteiger partial charge on any atom is 0.342 e. The van der Waals surface area contributed by atoms with Gasteiger partial charge in [-0.1, -0.05) is 11.6 Å². The molecule has 0 unspecified atom stereocenters. The molecule has 88 valence electrons. The van der Waals surface area contributed by atoms with Crippen LogP contribution in [-0.2, 0) is 4.74 Å². The lowest BCUT2D eigenvalue weighted by Gasteiger charge is -2.05. The molecule has 0 bridgehead atoms. The van der Waals surface area contributed by atoms with Crippen molar-refractivity contribution in [2.45, 2.75) is 0 Å². The maximum absolute atomic E-state index is 13.7. The molecule has 0 aliphatic heterocycles. The lowest BCUT2D eigenvalue weighted by Crippen LogP contribution is -2.05. The van der Waals surface area contributed by atoms with Crippen molar-refractivity contribution in [1.82, 2.24) is 0 Å². The number of rotatable bonds is 2. The van der Waals surface area contributed by atoms with Gasteiger partial charge in [-0.2, -0.15) is 0 Å². The lowest BCUT2D eigenvalue weighted by atomic mass is 10.1. The highest BCUT2D eigenvalue weighted by atomic mass is 35.5. The van der Waals surface area contributed by atoms with Gasteiger partial charge in [-0.25, -0.2) is 9.18 Å². The minimum Gasteiger partial charge on any atom is -0.465 e. The van der Waals surface area contributed by atoms with Crippen LogP contribution in [0.25, 0.3) is 11.3 Å². The number of carbonyl (C=O) groups excluding carboxylic acids is 1. The first kappa shape index (κ1) is 11.7. The summed E-state index contributed by atoms with van der Waals surface area (Å²) < 4.78 is 23.3. The summed E-state index contributed by atoms with van der Waals surface area (Å²) in [4.78, 5) is 11.3. The number of hydrogen-bond acceptors (Lipinski definition) is 3. The van der Waals surface area contributed by atoms with Gasteiger partial charge in [-0.15, -0.1) is 0 Å². The topological polar surface area (TPSA) is 39.4 Å². The standard InChI is InChI=1S/C12H8ClFO3/c1-16-12(15)11-8(13)5-7(6-9(11)14)10-3-2-4-17-10/h2-6H,1H3. The highest BCUT2D eigenvalue weighted by Gasteiger charge is 2.18. The fourth-order valence-corrected chi connectivity index (χ4v) is 1.74. The molecule has 17 heavy (non-hydrogen) atoms. The van der Waals surface area contributed by atoms with Crippen LogP contribution in [0, 0.1) is 5.82 Å². The van der Waals surface area contributed by atoms with E-state index in [0.29, 0.717) is 11.3 Å². The SMILES string of the molecule is COC(=O)c1c(F)cc(-c2ccco2)cc1Cl. The number of hydrogen-bond donors (Lipinski definition) is 0. The van der Waals surface area contributed by atoms with E-state index in [1.54, 1.807) is 12.1 Å². The normalized spacial score (nSPS) is 10.3. The van der Waals surface area contributed by atoms with Gasteiger partial charge < -0.3 is 9.15 Å². The number of ether oxygens (including phenoxy) is 1. The van der Waals surface area contributed by atoms with Gasteiger partial charge in [0, 0.05) is 5.56 Å². The van der Waals surface area contributed by atoms with E-state index in [1.165, 1.54) is 25.5 Å². The molecule has 1 aromatic heterocycles. The van der Waals surface area contributed by atoms with Gasteiger partial charge in [0.15, 0.2) is 0 Å². The molecule has 0 spiro atoms. The van der Waals surface area contributed by atoms with Gasteiger partial charge in [0.2, 0.25) is 0 Å². The predicted octanol–water partition coefficient (Wildman–Crippen LogP) is 3.53. The van der Waals surface area contributed by atoms with Crippen LogP contribution in [0.2, 0.25) is 5.02 Å². The van der Waals surface area contributed by atoms with Crippen molar-refractivity contribution in [1.29, 1.82) is 0 Å². The number of esters is 1. The Hall–Kier alpha value is -1.81. The summed E-state index contributed by atoms with van der Waals surface area (Å²) in [5, 5.41) is -0.0109. The zero-order valence-electron chi connectivity index (χ0n) is 8.87. The third-order valence-corrected chi connectivity index (χ3v) is 2.54. The van der Waals surface area contributed by atoms with E-state index in [-0.39, 0.29) is 10.6 Å². The van der Waals surface area contributed by atoms with Crippen LogP contribution < -0.4 is 0 Å². The van der Waals surface area contributed by atoms with E-state index in [2.05, 4.69) is 4.74 Å². The summed E-state index contributed by atoms with van der Waals surface area (Å²) in [7, 11) is 1.17. The molecular weight excluding hydrogens is 247 g/mol. The summed E-state index contributed by atoms with van der Waals surface area (Å²) in [6, 6.07) is 5.98. The van der Waals surface area contributed by atoms with Gasteiger partial charge in [0.1, 0.15) is 17.1 Å². The molecule has 0 atom stereocenters. The van der Waals surface area contributed by atoms with Crippen molar-refractivity contribution in [3.63, 3.8) is 0 Å².